The summed E-state index contributed by atoms with van der Waals surface area (Å²) in [7, 11) is -5.52. The van der Waals surface area contributed by atoms with E-state index in [9.17, 15) is 21.6 Å². The van der Waals surface area contributed by atoms with E-state index in [-0.39, 0.29) is 5.76 Å². The zero-order valence-corrected chi connectivity index (χ0v) is 10.2. The van der Waals surface area contributed by atoms with Crippen molar-refractivity contribution in [3.05, 3.63) is 11.3 Å². The monoisotopic (exact) mass is 260 g/mol. The van der Waals surface area contributed by atoms with Crippen LogP contribution < -0.4 is 0 Å². The number of rotatable bonds is 5. The number of halogens is 3. The maximum atomic E-state index is 12.0. The van der Waals surface area contributed by atoms with E-state index in [0.29, 0.717) is 12.0 Å². The fraction of sp³-hybridized carbons (Fsp3) is 0.778. The molecule has 0 fully saturated rings. The lowest BCUT2D eigenvalue weighted by Crippen LogP contribution is -2.25. The van der Waals surface area contributed by atoms with Crippen LogP contribution in [0.5, 0.6) is 0 Å². The van der Waals surface area contributed by atoms with Crippen molar-refractivity contribution in [1.29, 1.82) is 0 Å². The van der Waals surface area contributed by atoms with Crippen LogP contribution in [0.4, 0.5) is 13.2 Å². The Balaban J connectivity index is 4.74. The van der Waals surface area contributed by atoms with E-state index in [1.54, 1.807) is 6.92 Å². The van der Waals surface area contributed by atoms with Crippen molar-refractivity contribution in [3.63, 3.8) is 0 Å². The smallest absolute Gasteiger partial charge is 0.381 e. The molecule has 0 spiro atoms. The van der Waals surface area contributed by atoms with E-state index >= 15 is 0 Å². The first-order valence-corrected chi connectivity index (χ1v) is 6.19. The summed E-state index contributed by atoms with van der Waals surface area (Å²) in [5, 5.41) is 0. The molecule has 0 heterocycles. The van der Waals surface area contributed by atoms with Gasteiger partial charge in [-0.05, 0) is 32.3 Å². The van der Waals surface area contributed by atoms with E-state index in [4.69, 9.17) is 0 Å². The first kappa shape index (κ1) is 15.3. The Morgan fingerprint density at radius 3 is 2.12 bits per heavy atom. The highest BCUT2D eigenvalue weighted by Crippen LogP contribution is 2.27. The molecule has 0 aromatic carbocycles. The molecule has 7 heteroatoms. The molecule has 96 valence electrons. The molecule has 0 saturated carbocycles. The second kappa shape index (κ2) is 5.56. The van der Waals surface area contributed by atoms with Crippen LogP contribution in [0.25, 0.3) is 0 Å². The third kappa shape index (κ3) is 4.42. The van der Waals surface area contributed by atoms with Gasteiger partial charge >= 0.3 is 15.6 Å². The summed E-state index contributed by atoms with van der Waals surface area (Å²) in [6, 6.07) is 0. The van der Waals surface area contributed by atoms with Crippen LogP contribution in [0.1, 0.15) is 40.0 Å². The zero-order valence-electron chi connectivity index (χ0n) is 9.39. The summed E-state index contributed by atoms with van der Waals surface area (Å²) in [5.74, 6) is -0.203. The first-order valence-electron chi connectivity index (χ1n) is 4.79. The molecule has 0 amide bonds. The second-order valence-electron chi connectivity index (χ2n) is 3.42. The van der Waals surface area contributed by atoms with E-state index in [2.05, 4.69) is 4.18 Å². The molecule has 3 nitrogen and oxygen atoms in total. The molecule has 0 aliphatic rings. The molecule has 0 rings (SSSR count). The maximum absolute atomic E-state index is 12.0. The summed E-state index contributed by atoms with van der Waals surface area (Å²) in [5.41, 5.74) is -4.87. The highest BCUT2D eigenvalue weighted by Gasteiger charge is 2.48. The molecule has 0 atom stereocenters. The Bertz CT molecular complexity index is 355. The largest absolute Gasteiger partial charge is 0.534 e. The number of allylic oxidation sites excluding steroid dienone is 2. The Morgan fingerprint density at radius 2 is 1.75 bits per heavy atom. The highest BCUT2D eigenvalue weighted by atomic mass is 32.2. The van der Waals surface area contributed by atoms with Crippen molar-refractivity contribution in [2.45, 2.75) is 45.5 Å². The highest BCUT2D eigenvalue weighted by molar-refractivity contribution is 7.87. The fourth-order valence-corrected chi connectivity index (χ4v) is 1.47. The minimum Gasteiger partial charge on any atom is -0.381 e. The fourth-order valence-electron chi connectivity index (χ4n) is 0.901. The van der Waals surface area contributed by atoms with Gasteiger partial charge in [0, 0.05) is 0 Å². The van der Waals surface area contributed by atoms with E-state index in [1.165, 1.54) is 6.92 Å². The normalized spacial score (nSPS) is 14.6. The predicted molar refractivity (Wildman–Crippen MR) is 54.0 cm³/mol. The van der Waals surface area contributed by atoms with Crippen LogP contribution in [0.2, 0.25) is 0 Å². The van der Waals surface area contributed by atoms with Gasteiger partial charge in [-0.3, -0.25) is 0 Å². The standard InChI is InChI=1S/C9H15F3O3S/c1-4-5-6-7(2)8(3)15-16(13,14)9(10,11)12/h4-6H2,1-3H3/b8-7+. The lowest BCUT2D eigenvalue weighted by Gasteiger charge is -2.11. The van der Waals surface area contributed by atoms with Crippen molar-refractivity contribution < 1.29 is 25.8 Å². The van der Waals surface area contributed by atoms with Crippen molar-refractivity contribution in [2.24, 2.45) is 0 Å². The molecule has 0 unspecified atom stereocenters. The van der Waals surface area contributed by atoms with Gasteiger partial charge in [-0.25, -0.2) is 0 Å². The van der Waals surface area contributed by atoms with E-state index < -0.39 is 15.6 Å². The quantitative estimate of drug-likeness (QED) is 0.432. The Morgan fingerprint density at radius 1 is 1.25 bits per heavy atom. The third-order valence-electron chi connectivity index (χ3n) is 2.02. The van der Waals surface area contributed by atoms with Crippen molar-refractivity contribution in [3.8, 4) is 0 Å². The van der Waals surface area contributed by atoms with E-state index in [1.807, 2.05) is 6.92 Å². The van der Waals surface area contributed by atoms with Crippen molar-refractivity contribution in [1.82, 2.24) is 0 Å². The topological polar surface area (TPSA) is 43.4 Å². The molecule has 0 aliphatic heterocycles. The molecule has 0 bridgehead atoms. The van der Waals surface area contributed by atoms with Gasteiger partial charge < -0.3 is 4.18 Å². The molecular weight excluding hydrogens is 245 g/mol. The Kier molecular flexibility index (Phi) is 5.31. The first-order chi connectivity index (χ1) is 7.12. The van der Waals surface area contributed by atoms with E-state index in [0.717, 1.165) is 12.8 Å². The number of hydrogen-bond acceptors (Lipinski definition) is 3. The molecule has 0 saturated heterocycles. The van der Waals surface area contributed by atoms with Gasteiger partial charge in [0.05, 0.1) is 0 Å². The van der Waals surface area contributed by atoms with Crippen LogP contribution >= 0.6 is 0 Å². The molecule has 16 heavy (non-hydrogen) atoms. The number of alkyl halides is 3. The second-order valence-corrected chi connectivity index (χ2v) is 4.96. The number of unbranched alkanes of at least 4 members (excludes halogenated alkanes) is 1. The van der Waals surface area contributed by atoms with Gasteiger partial charge in [0.2, 0.25) is 0 Å². The van der Waals surface area contributed by atoms with Gasteiger partial charge in [-0.1, -0.05) is 13.3 Å². The molecular formula is C9H15F3O3S. The Hall–Kier alpha value is -0.720. The minimum atomic E-state index is -5.52. The third-order valence-corrected chi connectivity index (χ3v) is 3.06. The molecule has 0 N–H and O–H groups in total. The van der Waals surface area contributed by atoms with Crippen LogP contribution in [0.3, 0.4) is 0 Å². The van der Waals surface area contributed by atoms with Crippen molar-refractivity contribution >= 4 is 10.1 Å². The SMILES string of the molecule is CCCC/C(C)=C(\C)OS(=O)(=O)C(F)(F)F. The lowest BCUT2D eigenvalue weighted by atomic mass is 10.1. The average Bonchev–Trinajstić information content (AvgIpc) is 2.11. The summed E-state index contributed by atoms with van der Waals surface area (Å²) in [4.78, 5) is 0. The van der Waals surface area contributed by atoms with Crippen LogP contribution in [-0.2, 0) is 14.3 Å². The maximum Gasteiger partial charge on any atom is 0.534 e. The average molecular weight is 260 g/mol. The lowest BCUT2D eigenvalue weighted by molar-refractivity contribution is -0.0522. The Labute approximate surface area is 93.4 Å². The summed E-state index contributed by atoms with van der Waals surface area (Å²) in [6.45, 7) is 4.70. The summed E-state index contributed by atoms with van der Waals surface area (Å²) < 4.78 is 61.2. The van der Waals surface area contributed by atoms with Crippen LogP contribution in [0, 0.1) is 0 Å². The van der Waals surface area contributed by atoms with Gasteiger partial charge in [0.25, 0.3) is 0 Å². The number of hydrogen-bond donors (Lipinski definition) is 0. The summed E-state index contributed by atoms with van der Waals surface area (Å²) in [6.07, 6.45) is 2.17. The summed E-state index contributed by atoms with van der Waals surface area (Å²) >= 11 is 0. The molecule has 0 radical (unpaired) electrons. The van der Waals surface area contributed by atoms with Crippen LogP contribution in [0.15, 0.2) is 11.3 Å². The predicted octanol–water partition coefficient (Wildman–Crippen LogP) is 3.34. The minimum absolute atomic E-state index is 0.203. The molecule has 0 aromatic heterocycles. The van der Waals surface area contributed by atoms with Crippen LogP contribution in [-0.4, -0.2) is 13.9 Å². The molecule has 0 aliphatic carbocycles. The van der Waals surface area contributed by atoms with Crippen molar-refractivity contribution in [2.75, 3.05) is 0 Å². The van der Waals surface area contributed by atoms with Gasteiger partial charge in [-0.2, -0.15) is 21.6 Å². The molecule has 0 aromatic rings. The zero-order chi connectivity index (χ0) is 13.0. The van der Waals surface area contributed by atoms with Gasteiger partial charge in [-0.15, -0.1) is 0 Å². The van der Waals surface area contributed by atoms with Gasteiger partial charge in [0.15, 0.2) is 0 Å². The van der Waals surface area contributed by atoms with Gasteiger partial charge in [0.1, 0.15) is 5.76 Å².